The molecule has 1 amide bonds. The number of morpholine rings is 1. The highest BCUT2D eigenvalue weighted by Gasteiger charge is 2.33. The number of alkyl halides is 3. The Morgan fingerprint density at radius 1 is 1.27 bits per heavy atom. The van der Waals surface area contributed by atoms with Crippen LogP contribution in [-0.2, 0) is 15.7 Å². The van der Waals surface area contributed by atoms with Crippen LogP contribution in [0.25, 0.3) is 0 Å². The highest BCUT2D eigenvalue weighted by molar-refractivity contribution is 5.93. The molecule has 0 saturated carbocycles. The summed E-state index contributed by atoms with van der Waals surface area (Å²) in [4.78, 5) is 13.9. The molecule has 1 heterocycles. The van der Waals surface area contributed by atoms with E-state index in [2.05, 4.69) is 5.32 Å². The largest absolute Gasteiger partial charge is 0.418 e. The predicted octanol–water partition coefficient (Wildman–Crippen LogP) is 2.75. The minimum atomic E-state index is -4.49. The Morgan fingerprint density at radius 2 is 1.86 bits per heavy atom. The van der Waals surface area contributed by atoms with Crippen LogP contribution in [0.1, 0.15) is 19.4 Å². The maximum Gasteiger partial charge on any atom is 0.418 e. The topological polar surface area (TPSA) is 41.6 Å². The normalized spacial score (nSPS) is 23.3. The van der Waals surface area contributed by atoms with Crippen LogP contribution in [0.15, 0.2) is 24.3 Å². The van der Waals surface area contributed by atoms with E-state index in [-0.39, 0.29) is 24.4 Å². The molecule has 1 aromatic carbocycles. The third-order valence-corrected chi connectivity index (χ3v) is 3.37. The molecule has 0 aliphatic carbocycles. The molecule has 2 rings (SSSR count). The Labute approximate surface area is 127 Å². The molecule has 1 aromatic rings. The fourth-order valence-corrected chi connectivity index (χ4v) is 2.65. The summed E-state index contributed by atoms with van der Waals surface area (Å²) in [5.74, 6) is -0.460. The lowest BCUT2D eigenvalue weighted by Gasteiger charge is -2.34. The zero-order chi connectivity index (χ0) is 16.3. The van der Waals surface area contributed by atoms with E-state index in [4.69, 9.17) is 4.74 Å². The molecule has 122 valence electrons. The van der Waals surface area contributed by atoms with Crippen molar-refractivity contribution in [3.8, 4) is 0 Å². The number of amides is 1. The van der Waals surface area contributed by atoms with E-state index in [0.29, 0.717) is 13.1 Å². The number of benzene rings is 1. The van der Waals surface area contributed by atoms with Crippen LogP contribution in [0, 0.1) is 0 Å². The molecule has 0 spiro atoms. The van der Waals surface area contributed by atoms with Gasteiger partial charge in [0.25, 0.3) is 0 Å². The van der Waals surface area contributed by atoms with Crippen molar-refractivity contribution in [2.45, 2.75) is 32.2 Å². The van der Waals surface area contributed by atoms with Crippen molar-refractivity contribution in [3.63, 3.8) is 0 Å². The molecule has 1 aliphatic heterocycles. The van der Waals surface area contributed by atoms with Gasteiger partial charge in [-0.2, -0.15) is 13.2 Å². The average Bonchev–Trinajstić information content (AvgIpc) is 2.36. The molecule has 22 heavy (non-hydrogen) atoms. The van der Waals surface area contributed by atoms with Crippen molar-refractivity contribution in [2.24, 2.45) is 0 Å². The fourth-order valence-electron chi connectivity index (χ4n) is 2.65. The van der Waals surface area contributed by atoms with Crippen molar-refractivity contribution < 1.29 is 22.7 Å². The third kappa shape index (κ3) is 4.45. The smallest absolute Gasteiger partial charge is 0.373 e. The standard InChI is InChI=1S/C15H19F3N2O2/c1-10-7-20(8-11(2)22-10)9-14(21)19-13-6-4-3-5-12(13)15(16,17)18/h3-6,10-11H,7-9H2,1-2H3,(H,19,21)/t10-,11-/m0/s1. The molecule has 0 unspecified atom stereocenters. The minimum absolute atomic E-state index is 0.000915. The van der Waals surface area contributed by atoms with Gasteiger partial charge in [-0.15, -0.1) is 0 Å². The van der Waals surface area contributed by atoms with Gasteiger partial charge in [0, 0.05) is 13.1 Å². The number of nitrogens with one attached hydrogen (secondary N) is 1. The zero-order valence-corrected chi connectivity index (χ0v) is 12.5. The van der Waals surface area contributed by atoms with E-state index in [1.807, 2.05) is 18.7 Å². The molecule has 1 fully saturated rings. The summed E-state index contributed by atoms with van der Waals surface area (Å²) in [6.45, 7) is 5.01. The Morgan fingerprint density at radius 3 is 2.45 bits per heavy atom. The molecule has 1 aliphatic rings. The van der Waals surface area contributed by atoms with Crippen molar-refractivity contribution in [1.82, 2.24) is 4.90 Å². The molecule has 1 saturated heterocycles. The molecule has 0 radical (unpaired) electrons. The summed E-state index contributed by atoms with van der Waals surface area (Å²) in [6.07, 6.45) is -4.50. The van der Waals surface area contributed by atoms with Gasteiger partial charge in [-0.3, -0.25) is 9.69 Å². The lowest BCUT2D eigenvalue weighted by molar-refractivity contribution is -0.137. The number of hydrogen-bond acceptors (Lipinski definition) is 3. The number of para-hydroxylation sites is 1. The summed E-state index contributed by atoms with van der Waals surface area (Å²) in [5, 5.41) is 2.35. The second kappa shape index (κ2) is 6.66. The van der Waals surface area contributed by atoms with Gasteiger partial charge < -0.3 is 10.1 Å². The van der Waals surface area contributed by atoms with E-state index in [1.165, 1.54) is 18.2 Å². The van der Waals surface area contributed by atoms with Gasteiger partial charge in [-0.05, 0) is 26.0 Å². The summed E-state index contributed by atoms with van der Waals surface area (Å²) < 4.78 is 44.2. The van der Waals surface area contributed by atoms with Crippen LogP contribution in [0.3, 0.4) is 0 Å². The Kier molecular flexibility index (Phi) is 5.08. The van der Waals surface area contributed by atoms with Gasteiger partial charge in [0.1, 0.15) is 0 Å². The van der Waals surface area contributed by atoms with Gasteiger partial charge in [-0.25, -0.2) is 0 Å². The van der Waals surface area contributed by atoms with Gasteiger partial charge >= 0.3 is 6.18 Å². The first-order valence-corrected chi connectivity index (χ1v) is 7.09. The van der Waals surface area contributed by atoms with Crippen LogP contribution in [0.2, 0.25) is 0 Å². The number of anilines is 1. The van der Waals surface area contributed by atoms with Crippen LogP contribution < -0.4 is 5.32 Å². The maximum atomic E-state index is 12.9. The van der Waals surface area contributed by atoms with Crippen LogP contribution in [-0.4, -0.2) is 42.6 Å². The van der Waals surface area contributed by atoms with E-state index in [1.54, 1.807) is 0 Å². The molecule has 4 nitrogen and oxygen atoms in total. The zero-order valence-electron chi connectivity index (χ0n) is 12.5. The monoisotopic (exact) mass is 316 g/mol. The average molecular weight is 316 g/mol. The van der Waals surface area contributed by atoms with E-state index >= 15 is 0 Å². The van der Waals surface area contributed by atoms with E-state index in [0.717, 1.165) is 6.07 Å². The minimum Gasteiger partial charge on any atom is -0.373 e. The van der Waals surface area contributed by atoms with E-state index < -0.39 is 17.6 Å². The molecular weight excluding hydrogens is 297 g/mol. The summed E-state index contributed by atoms with van der Waals surface area (Å²) >= 11 is 0. The lowest BCUT2D eigenvalue weighted by atomic mass is 10.1. The van der Waals surface area contributed by atoms with Gasteiger partial charge in [0.05, 0.1) is 30.0 Å². The highest BCUT2D eigenvalue weighted by atomic mass is 19.4. The van der Waals surface area contributed by atoms with Crippen LogP contribution in [0.5, 0.6) is 0 Å². The summed E-state index contributed by atoms with van der Waals surface area (Å²) in [6, 6.07) is 4.97. The molecule has 1 N–H and O–H groups in total. The number of halogens is 3. The van der Waals surface area contributed by atoms with Gasteiger partial charge in [-0.1, -0.05) is 12.1 Å². The summed E-state index contributed by atoms with van der Waals surface area (Å²) in [5.41, 5.74) is -1.05. The van der Waals surface area contributed by atoms with Crippen molar-refractivity contribution >= 4 is 11.6 Å². The number of hydrogen-bond donors (Lipinski definition) is 1. The first-order chi connectivity index (χ1) is 10.3. The SMILES string of the molecule is C[C@H]1CN(CC(=O)Nc2ccccc2C(F)(F)F)C[C@H](C)O1. The molecule has 2 atom stereocenters. The van der Waals surface area contributed by atoms with Crippen molar-refractivity contribution in [3.05, 3.63) is 29.8 Å². The molecule has 7 heteroatoms. The summed E-state index contributed by atoms with van der Waals surface area (Å²) in [7, 11) is 0. The Bertz CT molecular complexity index is 524. The quantitative estimate of drug-likeness (QED) is 0.932. The van der Waals surface area contributed by atoms with Crippen molar-refractivity contribution in [2.75, 3.05) is 25.0 Å². The first kappa shape index (κ1) is 16.8. The molecule has 0 aromatic heterocycles. The molecular formula is C15H19F3N2O2. The number of nitrogens with zero attached hydrogens (tertiary/aromatic N) is 1. The Balaban J connectivity index is 2.01. The predicted molar refractivity (Wildman–Crippen MR) is 76.5 cm³/mol. The third-order valence-electron chi connectivity index (χ3n) is 3.37. The fraction of sp³-hybridized carbons (Fsp3) is 0.533. The lowest BCUT2D eigenvalue weighted by Crippen LogP contribution is -2.48. The van der Waals surface area contributed by atoms with E-state index in [9.17, 15) is 18.0 Å². The highest BCUT2D eigenvalue weighted by Crippen LogP contribution is 2.34. The van der Waals surface area contributed by atoms with Crippen molar-refractivity contribution in [1.29, 1.82) is 0 Å². The number of ether oxygens (including phenoxy) is 1. The van der Waals surface area contributed by atoms with Crippen LogP contribution >= 0.6 is 0 Å². The number of rotatable bonds is 3. The maximum absolute atomic E-state index is 12.9. The Hall–Kier alpha value is -1.60. The molecule has 0 bridgehead atoms. The van der Waals surface area contributed by atoms with Gasteiger partial charge in [0.2, 0.25) is 5.91 Å². The second-order valence-corrected chi connectivity index (χ2v) is 5.54. The first-order valence-electron chi connectivity index (χ1n) is 7.09. The van der Waals surface area contributed by atoms with Crippen LogP contribution in [0.4, 0.5) is 18.9 Å². The number of carbonyl (C=O) groups is 1. The second-order valence-electron chi connectivity index (χ2n) is 5.54. The van der Waals surface area contributed by atoms with Gasteiger partial charge in [0.15, 0.2) is 0 Å². The number of carbonyl (C=O) groups excluding carboxylic acids is 1.